The van der Waals surface area contributed by atoms with Crippen molar-refractivity contribution >= 4 is 11.8 Å². The number of carbonyl (C=O) groups excluding carboxylic acids is 2. The van der Waals surface area contributed by atoms with Crippen molar-refractivity contribution in [1.29, 1.82) is 0 Å². The maximum atomic E-state index is 13.4. The Morgan fingerprint density at radius 1 is 0.778 bits per heavy atom. The summed E-state index contributed by atoms with van der Waals surface area (Å²) in [5.74, 6) is 0.367. The second kappa shape index (κ2) is 8.85. The Hall–Kier alpha value is -2.62. The third kappa shape index (κ3) is 4.76. The van der Waals surface area contributed by atoms with E-state index in [-0.39, 0.29) is 17.7 Å². The molecule has 0 aromatic heterocycles. The molecular weight excluding hydrogens is 336 g/mol. The smallest absolute Gasteiger partial charge is 0.234 e. The molecule has 2 aromatic carbocycles. The summed E-state index contributed by atoms with van der Waals surface area (Å²) in [6.45, 7) is 6.54. The van der Waals surface area contributed by atoms with Crippen molar-refractivity contribution in [3.8, 4) is 0 Å². The van der Waals surface area contributed by atoms with Gasteiger partial charge in [0.2, 0.25) is 11.8 Å². The van der Waals surface area contributed by atoms with Gasteiger partial charge in [-0.05, 0) is 17.0 Å². The normalized spacial score (nSPS) is 14.7. The first kappa shape index (κ1) is 19.2. The minimum absolute atomic E-state index is 0.114. The first-order valence-corrected chi connectivity index (χ1v) is 9.72. The Bertz CT molecular complexity index is 711. The lowest BCUT2D eigenvalue weighted by Gasteiger charge is -2.37. The summed E-state index contributed by atoms with van der Waals surface area (Å²) < 4.78 is 0. The van der Waals surface area contributed by atoms with Gasteiger partial charge in [0.1, 0.15) is 0 Å². The van der Waals surface area contributed by atoms with Gasteiger partial charge >= 0.3 is 0 Å². The zero-order valence-corrected chi connectivity index (χ0v) is 16.2. The summed E-state index contributed by atoms with van der Waals surface area (Å²) in [6, 6.07) is 19.9. The van der Waals surface area contributed by atoms with Gasteiger partial charge in [-0.15, -0.1) is 0 Å². The van der Waals surface area contributed by atoms with Crippen molar-refractivity contribution in [3.63, 3.8) is 0 Å². The molecule has 0 saturated carbocycles. The Morgan fingerprint density at radius 3 is 1.67 bits per heavy atom. The van der Waals surface area contributed by atoms with Gasteiger partial charge in [0, 0.05) is 32.6 Å². The number of rotatable bonds is 5. The van der Waals surface area contributed by atoms with Gasteiger partial charge in [-0.25, -0.2) is 0 Å². The van der Waals surface area contributed by atoms with E-state index in [1.165, 1.54) is 0 Å². The van der Waals surface area contributed by atoms with Gasteiger partial charge in [-0.3, -0.25) is 9.59 Å². The Kier molecular flexibility index (Phi) is 6.28. The lowest BCUT2D eigenvalue weighted by Crippen LogP contribution is -2.51. The van der Waals surface area contributed by atoms with Crippen LogP contribution < -0.4 is 0 Å². The van der Waals surface area contributed by atoms with Crippen LogP contribution in [0, 0.1) is 5.92 Å². The zero-order valence-electron chi connectivity index (χ0n) is 16.2. The maximum absolute atomic E-state index is 13.4. The summed E-state index contributed by atoms with van der Waals surface area (Å²) in [5.41, 5.74) is 2.01. The van der Waals surface area contributed by atoms with Gasteiger partial charge in [0.05, 0.1) is 5.92 Å². The second-order valence-electron chi connectivity index (χ2n) is 7.56. The number of nitrogens with zero attached hydrogens (tertiary/aromatic N) is 2. The molecule has 0 spiro atoms. The summed E-state index contributed by atoms with van der Waals surface area (Å²) in [5, 5.41) is 0. The average molecular weight is 364 g/mol. The highest BCUT2D eigenvalue weighted by Crippen LogP contribution is 2.27. The molecule has 27 heavy (non-hydrogen) atoms. The largest absolute Gasteiger partial charge is 0.339 e. The van der Waals surface area contributed by atoms with Crippen molar-refractivity contribution < 1.29 is 9.59 Å². The monoisotopic (exact) mass is 364 g/mol. The molecule has 0 radical (unpaired) electrons. The number of piperazine rings is 1. The molecule has 142 valence electrons. The Morgan fingerprint density at radius 2 is 1.22 bits per heavy atom. The molecule has 0 unspecified atom stereocenters. The molecule has 1 fully saturated rings. The predicted molar refractivity (Wildman–Crippen MR) is 107 cm³/mol. The summed E-state index contributed by atoms with van der Waals surface area (Å²) >= 11 is 0. The first-order valence-electron chi connectivity index (χ1n) is 9.72. The van der Waals surface area contributed by atoms with E-state index in [4.69, 9.17) is 0 Å². The molecule has 1 saturated heterocycles. The van der Waals surface area contributed by atoms with Crippen molar-refractivity contribution in [2.24, 2.45) is 5.92 Å². The molecule has 1 heterocycles. The maximum Gasteiger partial charge on any atom is 0.234 e. The molecule has 4 nitrogen and oxygen atoms in total. The predicted octanol–water partition coefficient (Wildman–Crippen LogP) is 3.54. The minimum Gasteiger partial charge on any atom is -0.339 e. The van der Waals surface area contributed by atoms with Crippen LogP contribution in [0.15, 0.2) is 60.7 Å². The third-order valence-corrected chi connectivity index (χ3v) is 5.04. The van der Waals surface area contributed by atoms with Gasteiger partial charge in [0.15, 0.2) is 0 Å². The van der Waals surface area contributed by atoms with E-state index in [1.807, 2.05) is 70.5 Å². The number of benzene rings is 2. The zero-order chi connectivity index (χ0) is 19.2. The van der Waals surface area contributed by atoms with Crippen molar-refractivity contribution in [1.82, 2.24) is 9.80 Å². The molecular formula is C23H28N2O2. The van der Waals surface area contributed by atoms with Crippen LogP contribution in [0.1, 0.15) is 37.3 Å². The first-order chi connectivity index (χ1) is 13.1. The number of carbonyl (C=O) groups is 2. The highest BCUT2D eigenvalue weighted by Gasteiger charge is 2.30. The van der Waals surface area contributed by atoms with Crippen molar-refractivity contribution in [2.75, 3.05) is 26.2 Å². The molecule has 2 amide bonds. The lowest BCUT2D eigenvalue weighted by molar-refractivity contribution is -0.140. The van der Waals surface area contributed by atoms with Crippen molar-refractivity contribution in [3.05, 3.63) is 71.8 Å². The molecule has 0 N–H and O–H groups in total. The van der Waals surface area contributed by atoms with E-state index in [2.05, 4.69) is 13.8 Å². The van der Waals surface area contributed by atoms with Crippen LogP contribution in [-0.2, 0) is 9.59 Å². The van der Waals surface area contributed by atoms with Crippen LogP contribution >= 0.6 is 0 Å². The number of hydrogen-bond donors (Lipinski definition) is 0. The Labute approximate surface area is 161 Å². The van der Waals surface area contributed by atoms with E-state index >= 15 is 0 Å². The highest BCUT2D eigenvalue weighted by molar-refractivity contribution is 5.87. The van der Waals surface area contributed by atoms with Gasteiger partial charge < -0.3 is 9.80 Å². The van der Waals surface area contributed by atoms with Crippen LogP contribution in [0.25, 0.3) is 0 Å². The van der Waals surface area contributed by atoms with Gasteiger partial charge in [0.25, 0.3) is 0 Å². The fraction of sp³-hybridized carbons (Fsp3) is 0.391. The second-order valence-corrected chi connectivity index (χ2v) is 7.56. The molecule has 0 atom stereocenters. The Balaban J connectivity index is 1.74. The minimum atomic E-state index is -0.301. The molecule has 3 rings (SSSR count). The fourth-order valence-electron chi connectivity index (χ4n) is 3.61. The topological polar surface area (TPSA) is 40.6 Å². The molecule has 2 aromatic rings. The molecule has 0 aliphatic carbocycles. The SMILES string of the molecule is CC(C)CC(=O)N1CCN(C(=O)C(c2ccccc2)c2ccccc2)CC1. The fourth-order valence-corrected chi connectivity index (χ4v) is 3.61. The van der Waals surface area contributed by atoms with E-state index in [1.54, 1.807) is 0 Å². The van der Waals surface area contributed by atoms with Crippen LogP contribution in [0.5, 0.6) is 0 Å². The quantitative estimate of drug-likeness (QED) is 0.814. The summed E-state index contributed by atoms with van der Waals surface area (Å²) in [4.78, 5) is 29.5. The van der Waals surface area contributed by atoms with Crippen molar-refractivity contribution in [2.45, 2.75) is 26.2 Å². The number of hydrogen-bond acceptors (Lipinski definition) is 2. The molecule has 1 aliphatic heterocycles. The van der Waals surface area contributed by atoms with Crippen LogP contribution in [0.2, 0.25) is 0 Å². The van der Waals surface area contributed by atoms with Crippen LogP contribution in [0.4, 0.5) is 0 Å². The molecule has 4 heteroatoms. The molecule has 0 bridgehead atoms. The van der Waals surface area contributed by atoms with E-state index in [0.717, 1.165) is 11.1 Å². The standard InChI is InChI=1S/C23H28N2O2/c1-18(2)17-21(26)24-13-15-25(16-14-24)23(27)22(19-9-5-3-6-10-19)20-11-7-4-8-12-20/h3-12,18,22H,13-17H2,1-2H3. The van der Waals surface area contributed by atoms with E-state index in [9.17, 15) is 9.59 Å². The van der Waals surface area contributed by atoms with E-state index < -0.39 is 0 Å². The van der Waals surface area contributed by atoms with Crippen LogP contribution in [0.3, 0.4) is 0 Å². The van der Waals surface area contributed by atoms with Crippen LogP contribution in [-0.4, -0.2) is 47.8 Å². The number of amides is 2. The average Bonchev–Trinajstić information content (AvgIpc) is 2.69. The lowest BCUT2D eigenvalue weighted by atomic mass is 9.90. The third-order valence-electron chi connectivity index (χ3n) is 5.04. The molecule has 1 aliphatic rings. The highest BCUT2D eigenvalue weighted by atomic mass is 16.2. The summed E-state index contributed by atoms with van der Waals surface area (Å²) in [7, 11) is 0. The van der Waals surface area contributed by atoms with E-state index in [0.29, 0.717) is 38.5 Å². The summed E-state index contributed by atoms with van der Waals surface area (Å²) in [6.07, 6.45) is 0.574. The van der Waals surface area contributed by atoms with Gasteiger partial charge in [-0.1, -0.05) is 74.5 Å². The van der Waals surface area contributed by atoms with Gasteiger partial charge in [-0.2, -0.15) is 0 Å².